The highest BCUT2D eigenvalue weighted by molar-refractivity contribution is 5.43. The van der Waals surface area contributed by atoms with Gasteiger partial charge in [0.2, 0.25) is 0 Å². The van der Waals surface area contributed by atoms with Gasteiger partial charge in [0.15, 0.2) is 0 Å². The fraction of sp³-hybridized carbons (Fsp3) is 0.417. The first-order chi connectivity index (χ1) is 8.38. The standard InChI is InChI=1S/C12H13F3N2O/c1-8(5-16)7-18-11-3-2-9(6-17)4-10(11)12(13,14)15/h2-4,8H,5,7,16H2,1H3. The first-order valence-corrected chi connectivity index (χ1v) is 5.32. The first-order valence-electron chi connectivity index (χ1n) is 5.32. The van der Waals surface area contributed by atoms with Crippen molar-refractivity contribution in [2.24, 2.45) is 11.7 Å². The van der Waals surface area contributed by atoms with Crippen LogP contribution in [0.25, 0.3) is 0 Å². The van der Waals surface area contributed by atoms with Crippen molar-refractivity contribution in [1.82, 2.24) is 0 Å². The third kappa shape index (κ3) is 3.64. The largest absolute Gasteiger partial charge is 0.493 e. The lowest BCUT2D eigenvalue weighted by molar-refractivity contribution is -0.139. The minimum absolute atomic E-state index is 0.0401. The zero-order valence-corrected chi connectivity index (χ0v) is 9.79. The number of ether oxygens (including phenoxy) is 1. The predicted molar refractivity (Wildman–Crippen MR) is 59.9 cm³/mol. The molecule has 0 bridgehead atoms. The molecule has 0 saturated heterocycles. The molecule has 1 atom stereocenters. The summed E-state index contributed by atoms with van der Waals surface area (Å²) in [4.78, 5) is 0. The number of benzene rings is 1. The van der Waals surface area contributed by atoms with Crippen LogP contribution in [-0.4, -0.2) is 13.2 Å². The molecule has 1 rings (SSSR count). The molecule has 0 saturated carbocycles. The van der Waals surface area contributed by atoms with Gasteiger partial charge >= 0.3 is 6.18 Å². The molecule has 0 radical (unpaired) electrons. The Morgan fingerprint density at radius 3 is 2.61 bits per heavy atom. The van der Waals surface area contributed by atoms with Crippen molar-refractivity contribution in [1.29, 1.82) is 5.26 Å². The molecule has 0 aliphatic carbocycles. The van der Waals surface area contributed by atoms with E-state index in [1.54, 1.807) is 13.0 Å². The summed E-state index contributed by atoms with van der Waals surface area (Å²) in [5.41, 5.74) is 4.37. The zero-order valence-electron chi connectivity index (χ0n) is 9.79. The minimum Gasteiger partial charge on any atom is -0.493 e. The third-order valence-electron chi connectivity index (χ3n) is 2.34. The van der Waals surface area contributed by atoms with Crippen LogP contribution in [0.5, 0.6) is 5.75 Å². The maximum absolute atomic E-state index is 12.8. The minimum atomic E-state index is -4.55. The van der Waals surface area contributed by atoms with Gasteiger partial charge in [-0.2, -0.15) is 18.4 Å². The normalized spacial score (nSPS) is 12.9. The Morgan fingerprint density at radius 1 is 1.44 bits per heavy atom. The summed E-state index contributed by atoms with van der Waals surface area (Å²) in [7, 11) is 0. The van der Waals surface area contributed by atoms with Gasteiger partial charge in [0.1, 0.15) is 5.75 Å². The van der Waals surface area contributed by atoms with Gasteiger partial charge in [0.25, 0.3) is 0 Å². The van der Waals surface area contributed by atoms with Crippen LogP contribution in [0.3, 0.4) is 0 Å². The van der Waals surface area contributed by atoms with Crippen LogP contribution in [-0.2, 0) is 6.18 Å². The van der Waals surface area contributed by atoms with Crippen molar-refractivity contribution in [3.05, 3.63) is 29.3 Å². The molecule has 0 aromatic heterocycles. The molecule has 6 heteroatoms. The van der Waals surface area contributed by atoms with Crippen molar-refractivity contribution >= 4 is 0 Å². The Bertz CT molecular complexity index is 452. The number of halogens is 3. The van der Waals surface area contributed by atoms with Gasteiger partial charge in [-0.3, -0.25) is 0 Å². The van der Waals surface area contributed by atoms with E-state index >= 15 is 0 Å². The molecule has 98 valence electrons. The molecule has 0 amide bonds. The molecule has 3 nitrogen and oxygen atoms in total. The van der Waals surface area contributed by atoms with Crippen molar-refractivity contribution in [2.75, 3.05) is 13.2 Å². The van der Waals surface area contributed by atoms with Gasteiger partial charge in [0, 0.05) is 5.92 Å². The van der Waals surface area contributed by atoms with Crippen molar-refractivity contribution < 1.29 is 17.9 Å². The van der Waals surface area contributed by atoms with E-state index in [2.05, 4.69) is 0 Å². The van der Waals surface area contributed by atoms with Crippen LogP contribution < -0.4 is 10.5 Å². The van der Waals surface area contributed by atoms with Crippen LogP contribution >= 0.6 is 0 Å². The van der Waals surface area contributed by atoms with Gasteiger partial charge in [0.05, 0.1) is 23.8 Å². The van der Waals surface area contributed by atoms with E-state index < -0.39 is 11.7 Å². The van der Waals surface area contributed by atoms with E-state index in [0.717, 1.165) is 12.1 Å². The summed E-state index contributed by atoms with van der Waals surface area (Å²) in [5.74, 6) is -0.316. The van der Waals surface area contributed by atoms with Crippen LogP contribution in [0, 0.1) is 17.2 Å². The summed E-state index contributed by atoms with van der Waals surface area (Å²) >= 11 is 0. The summed E-state index contributed by atoms with van der Waals surface area (Å²) in [6.07, 6.45) is -4.55. The fourth-order valence-electron chi connectivity index (χ4n) is 1.25. The van der Waals surface area contributed by atoms with E-state index in [9.17, 15) is 13.2 Å². The fourth-order valence-corrected chi connectivity index (χ4v) is 1.25. The molecule has 0 fully saturated rings. The molecule has 1 aromatic carbocycles. The average molecular weight is 258 g/mol. The SMILES string of the molecule is CC(CN)COc1ccc(C#N)cc1C(F)(F)F. The first kappa shape index (κ1) is 14.3. The Morgan fingerprint density at radius 2 is 2.11 bits per heavy atom. The molecule has 0 aliphatic rings. The van der Waals surface area contributed by atoms with Crippen LogP contribution in [0.2, 0.25) is 0 Å². The predicted octanol–water partition coefficient (Wildman–Crippen LogP) is 2.55. The topological polar surface area (TPSA) is 59.0 Å². The Balaban J connectivity index is 3.01. The molecule has 18 heavy (non-hydrogen) atoms. The maximum Gasteiger partial charge on any atom is 0.420 e. The summed E-state index contributed by atoms with van der Waals surface area (Å²) in [5, 5.41) is 8.60. The number of nitriles is 1. The monoisotopic (exact) mass is 258 g/mol. The molecule has 0 heterocycles. The number of nitrogens with zero attached hydrogens (tertiary/aromatic N) is 1. The van der Waals surface area contributed by atoms with Crippen molar-refractivity contribution in [3.63, 3.8) is 0 Å². The van der Waals surface area contributed by atoms with E-state index in [1.807, 2.05) is 0 Å². The summed E-state index contributed by atoms with van der Waals surface area (Å²) < 4.78 is 43.4. The number of nitrogens with two attached hydrogens (primary N) is 1. The lowest BCUT2D eigenvalue weighted by Crippen LogP contribution is -2.19. The molecule has 1 unspecified atom stereocenters. The quantitative estimate of drug-likeness (QED) is 0.902. The van der Waals surface area contributed by atoms with E-state index in [-0.39, 0.29) is 23.8 Å². The molecular formula is C12H13F3N2O. The molecule has 0 aliphatic heterocycles. The Labute approximate surface area is 103 Å². The number of rotatable bonds is 4. The van der Waals surface area contributed by atoms with Crippen LogP contribution in [0.4, 0.5) is 13.2 Å². The summed E-state index contributed by atoms with van der Waals surface area (Å²) in [6, 6.07) is 4.89. The second-order valence-corrected chi connectivity index (χ2v) is 3.97. The van der Waals surface area contributed by atoms with Crippen molar-refractivity contribution in [3.8, 4) is 11.8 Å². The van der Waals surface area contributed by atoms with Gasteiger partial charge in [-0.15, -0.1) is 0 Å². The van der Waals surface area contributed by atoms with Gasteiger partial charge in [-0.25, -0.2) is 0 Å². The number of hydrogen-bond donors (Lipinski definition) is 1. The van der Waals surface area contributed by atoms with Crippen molar-refractivity contribution in [2.45, 2.75) is 13.1 Å². The number of alkyl halides is 3. The van der Waals surface area contributed by atoms with E-state index in [4.69, 9.17) is 15.7 Å². The zero-order chi connectivity index (χ0) is 13.8. The molecule has 2 N–H and O–H groups in total. The Kier molecular flexibility index (Phi) is 4.56. The highest BCUT2D eigenvalue weighted by Crippen LogP contribution is 2.36. The molecule has 1 aromatic rings. The smallest absolute Gasteiger partial charge is 0.420 e. The van der Waals surface area contributed by atoms with Gasteiger partial charge in [-0.05, 0) is 24.7 Å². The molecular weight excluding hydrogens is 245 g/mol. The third-order valence-corrected chi connectivity index (χ3v) is 2.34. The Hall–Kier alpha value is -1.74. The lowest BCUT2D eigenvalue weighted by Gasteiger charge is -2.16. The second-order valence-electron chi connectivity index (χ2n) is 3.97. The second kappa shape index (κ2) is 5.74. The van der Waals surface area contributed by atoms with E-state index in [0.29, 0.717) is 6.54 Å². The highest BCUT2D eigenvalue weighted by atomic mass is 19.4. The lowest BCUT2D eigenvalue weighted by atomic mass is 10.1. The van der Waals surface area contributed by atoms with Crippen LogP contribution in [0.1, 0.15) is 18.1 Å². The van der Waals surface area contributed by atoms with Gasteiger partial charge in [-0.1, -0.05) is 6.92 Å². The molecule has 0 spiro atoms. The highest BCUT2D eigenvalue weighted by Gasteiger charge is 2.34. The average Bonchev–Trinajstić information content (AvgIpc) is 2.34. The van der Waals surface area contributed by atoms with E-state index in [1.165, 1.54) is 6.07 Å². The summed E-state index contributed by atoms with van der Waals surface area (Å²) in [6.45, 7) is 2.21. The van der Waals surface area contributed by atoms with Crippen LogP contribution in [0.15, 0.2) is 18.2 Å². The maximum atomic E-state index is 12.8. The number of hydrogen-bond acceptors (Lipinski definition) is 3. The van der Waals surface area contributed by atoms with Gasteiger partial charge < -0.3 is 10.5 Å².